The molecule has 0 spiro atoms. The molecule has 2 aliphatic rings. The molecule has 1 radical (unpaired) electrons. The number of nitrogens with zero attached hydrogens (tertiary/aromatic N) is 4. The maximum absolute atomic E-state index is 11.4. The number of aromatic nitrogens is 3. The van der Waals surface area contributed by atoms with Crippen molar-refractivity contribution in [1.29, 1.82) is 5.26 Å². The van der Waals surface area contributed by atoms with Crippen molar-refractivity contribution in [3.05, 3.63) is 30.0 Å². The largest absolute Gasteiger partial charge is 0.495 e. The Hall–Kier alpha value is -2.92. The van der Waals surface area contributed by atoms with Crippen molar-refractivity contribution in [3.8, 4) is 11.8 Å². The van der Waals surface area contributed by atoms with E-state index in [-0.39, 0.29) is 0 Å². The lowest BCUT2D eigenvalue weighted by atomic mass is 9.95. The normalized spacial score (nSPS) is 18.6. The van der Waals surface area contributed by atoms with E-state index >= 15 is 0 Å². The molecule has 3 heterocycles. The van der Waals surface area contributed by atoms with Crippen LogP contribution in [0.15, 0.2) is 24.4 Å². The second-order valence-corrected chi connectivity index (χ2v) is 13.0. The number of nitriles is 1. The smallest absolute Gasteiger partial charge is 0.231 e. The van der Waals surface area contributed by atoms with Gasteiger partial charge < -0.3 is 30.1 Å². The van der Waals surface area contributed by atoms with E-state index in [0.29, 0.717) is 34.8 Å². The maximum atomic E-state index is 11.4. The molecule has 1 aromatic carbocycles. The number of nitrogens with one attached hydrogen (secondary N) is 3. The number of hydrogen-bond acceptors (Lipinski definition) is 8. The van der Waals surface area contributed by atoms with E-state index < -0.39 is 7.49 Å². The minimum Gasteiger partial charge on any atom is -0.495 e. The Labute approximate surface area is 212 Å². The zero-order valence-corrected chi connectivity index (χ0v) is 21.9. The summed E-state index contributed by atoms with van der Waals surface area (Å²) in [5, 5.41) is 18.2. The van der Waals surface area contributed by atoms with Crippen LogP contribution in [0.5, 0.6) is 5.75 Å². The highest BCUT2D eigenvalue weighted by Crippen LogP contribution is 2.55. The minimum absolute atomic E-state index is 0.337. The van der Waals surface area contributed by atoms with Crippen molar-refractivity contribution in [2.75, 3.05) is 49.7 Å². The summed E-state index contributed by atoms with van der Waals surface area (Å²) < 4.78 is 5.71. The molecule has 4 N–H and O–H groups in total. The number of H-pyrrole nitrogens is 1. The van der Waals surface area contributed by atoms with Crippen molar-refractivity contribution in [2.45, 2.75) is 45.1 Å². The summed E-state index contributed by atoms with van der Waals surface area (Å²) in [6.07, 6.45) is 9.15. The van der Waals surface area contributed by atoms with Crippen LogP contribution in [0, 0.1) is 11.3 Å². The Morgan fingerprint density at radius 3 is 2.69 bits per heavy atom. The van der Waals surface area contributed by atoms with Gasteiger partial charge in [0.1, 0.15) is 23.3 Å². The van der Waals surface area contributed by atoms with Crippen LogP contribution in [0.3, 0.4) is 0 Å². The second-order valence-electron chi connectivity index (χ2n) is 9.73. The van der Waals surface area contributed by atoms with E-state index in [1.165, 1.54) is 19.3 Å². The molecule has 5 rings (SSSR count). The monoisotopic (exact) mass is 508 g/mol. The van der Waals surface area contributed by atoms with Crippen molar-refractivity contribution in [3.63, 3.8) is 0 Å². The molecule has 3 aromatic rings. The van der Waals surface area contributed by atoms with Gasteiger partial charge in [-0.05, 0) is 31.5 Å². The Morgan fingerprint density at radius 1 is 1.22 bits per heavy atom. The van der Waals surface area contributed by atoms with Crippen LogP contribution in [0.25, 0.3) is 11.0 Å². The number of hydrogen-bond donors (Lipinski definition) is 4. The summed E-state index contributed by atoms with van der Waals surface area (Å²) in [6.45, 7) is 5.03. The molecule has 1 aliphatic heterocycles. The van der Waals surface area contributed by atoms with Crippen LogP contribution < -0.4 is 20.7 Å². The van der Waals surface area contributed by atoms with Crippen LogP contribution in [-0.2, 0) is 0 Å². The highest BCUT2D eigenvalue weighted by molar-refractivity contribution is 7.77. The van der Waals surface area contributed by atoms with Crippen molar-refractivity contribution in [1.82, 2.24) is 19.9 Å². The molecular formula is C26H35N7O2P. The van der Waals surface area contributed by atoms with Crippen LogP contribution in [0.2, 0.25) is 0 Å². The second kappa shape index (κ2) is 10.6. The molecule has 1 aliphatic carbocycles. The van der Waals surface area contributed by atoms with E-state index in [4.69, 9.17) is 9.72 Å². The standard InChI is InChI=1S/C26H35N7O2P/c1-3-33-11-13-36(34,14-12-33)20-9-10-21(22(15-20)35-2)30-26-31-24-23(18(16-27)17-28-24)25(32-26)29-19-7-5-4-6-8-19/h9-10,15,17,19,34H,3-8,11-14H2,1-2H3,(H3,28,29,30,31,32). The summed E-state index contributed by atoms with van der Waals surface area (Å²) in [7, 11) is -0.561. The molecule has 10 heteroatoms. The molecule has 191 valence electrons. The molecular weight excluding hydrogens is 473 g/mol. The predicted molar refractivity (Wildman–Crippen MR) is 146 cm³/mol. The van der Waals surface area contributed by atoms with Gasteiger partial charge >= 0.3 is 0 Å². The Morgan fingerprint density at radius 2 is 2.00 bits per heavy atom. The number of aromatic amines is 1. The average molecular weight is 509 g/mol. The summed E-state index contributed by atoms with van der Waals surface area (Å²) >= 11 is 0. The SMILES string of the molecule is CCN1CC[P](O)(c2ccc(Nc3nc(NC4CCCCC4)c4c(C#N)c[nH]c4n3)c(OC)c2)CC1. The van der Waals surface area contributed by atoms with E-state index in [1.807, 2.05) is 18.2 Å². The van der Waals surface area contributed by atoms with Gasteiger partial charge in [0, 0.05) is 50.4 Å². The van der Waals surface area contributed by atoms with Crippen LogP contribution >= 0.6 is 7.49 Å². The fourth-order valence-electron chi connectivity index (χ4n) is 5.30. The van der Waals surface area contributed by atoms with Gasteiger partial charge in [0.15, 0.2) is 0 Å². The van der Waals surface area contributed by atoms with Crippen molar-refractivity contribution < 1.29 is 9.63 Å². The van der Waals surface area contributed by atoms with E-state index in [0.717, 1.165) is 61.2 Å². The molecule has 0 amide bonds. The third-order valence-electron chi connectivity index (χ3n) is 7.53. The van der Waals surface area contributed by atoms with E-state index in [1.54, 1.807) is 13.3 Å². The lowest BCUT2D eigenvalue weighted by molar-refractivity contribution is 0.308. The van der Waals surface area contributed by atoms with Crippen molar-refractivity contribution >= 4 is 41.3 Å². The number of fused-ring (bicyclic) bond motifs is 1. The first-order chi connectivity index (χ1) is 17.5. The van der Waals surface area contributed by atoms with Gasteiger partial charge in [-0.2, -0.15) is 15.2 Å². The van der Waals surface area contributed by atoms with Crippen LogP contribution in [-0.4, -0.2) is 69.9 Å². The first-order valence-corrected chi connectivity index (χ1v) is 15.0. The summed E-state index contributed by atoms with van der Waals surface area (Å²) in [5.74, 6) is 1.74. The van der Waals surface area contributed by atoms with Crippen LogP contribution in [0.4, 0.5) is 17.5 Å². The van der Waals surface area contributed by atoms with Gasteiger partial charge in [-0.25, -0.2) is 0 Å². The van der Waals surface area contributed by atoms with E-state index in [9.17, 15) is 10.2 Å². The minimum atomic E-state index is -2.20. The van der Waals surface area contributed by atoms with Gasteiger partial charge in [-0.1, -0.05) is 32.3 Å². The molecule has 0 bridgehead atoms. The highest BCUT2D eigenvalue weighted by atomic mass is 31.2. The zero-order valence-electron chi connectivity index (χ0n) is 21.0. The molecule has 0 unspecified atom stereocenters. The highest BCUT2D eigenvalue weighted by Gasteiger charge is 2.32. The number of benzene rings is 1. The van der Waals surface area contributed by atoms with Gasteiger partial charge in [0.2, 0.25) is 5.95 Å². The summed E-state index contributed by atoms with van der Waals surface area (Å²) in [4.78, 5) is 26.4. The maximum Gasteiger partial charge on any atom is 0.231 e. The summed E-state index contributed by atoms with van der Waals surface area (Å²) in [5.41, 5.74) is 1.87. The molecule has 1 saturated heterocycles. The topological polar surface area (TPSA) is 122 Å². The average Bonchev–Trinajstić information content (AvgIpc) is 3.33. The summed E-state index contributed by atoms with van der Waals surface area (Å²) in [6, 6.07) is 8.48. The Balaban J connectivity index is 1.43. The number of ether oxygens (including phenoxy) is 1. The molecule has 2 aromatic heterocycles. The zero-order chi connectivity index (χ0) is 25.1. The fraction of sp³-hybridized carbons (Fsp3) is 0.500. The predicted octanol–water partition coefficient (Wildman–Crippen LogP) is 4.21. The Kier molecular flexibility index (Phi) is 7.29. The molecule has 2 fully saturated rings. The molecule has 36 heavy (non-hydrogen) atoms. The molecule has 0 atom stereocenters. The van der Waals surface area contributed by atoms with E-state index in [2.05, 4.69) is 38.5 Å². The van der Waals surface area contributed by atoms with Crippen molar-refractivity contribution in [2.24, 2.45) is 0 Å². The van der Waals surface area contributed by atoms with Gasteiger partial charge in [-0.15, -0.1) is 0 Å². The molecule has 1 saturated carbocycles. The number of anilines is 3. The first kappa shape index (κ1) is 24.8. The number of methoxy groups -OCH3 is 1. The van der Waals surface area contributed by atoms with Gasteiger partial charge in [-0.3, -0.25) is 0 Å². The fourth-order valence-corrected chi connectivity index (χ4v) is 7.97. The van der Waals surface area contributed by atoms with Gasteiger partial charge in [0.25, 0.3) is 0 Å². The first-order valence-electron chi connectivity index (χ1n) is 12.9. The number of rotatable bonds is 7. The quantitative estimate of drug-likeness (QED) is 0.350. The molecule has 9 nitrogen and oxygen atoms in total. The lowest BCUT2D eigenvalue weighted by Crippen LogP contribution is -2.39. The Bertz CT molecular complexity index is 1260. The third kappa shape index (κ3) is 4.99. The van der Waals surface area contributed by atoms with Gasteiger partial charge in [0.05, 0.1) is 23.7 Å². The lowest BCUT2D eigenvalue weighted by Gasteiger charge is -2.39. The third-order valence-corrected chi connectivity index (χ3v) is 10.6. The van der Waals surface area contributed by atoms with Crippen LogP contribution in [0.1, 0.15) is 44.6 Å².